The summed E-state index contributed by atoms with van der Waals surface area (Å²) < 4.78 is 17.6. The van der Waals surface area contributed by atoms with Crippen molar-refractivity contribution in [2.24, 2.45) is 0 Å². The van der Waals surface area contributed by atoms with Crippen molar-refractivity contribution in [3.63, 3.8) is 0 Å². The van der Waals surface area contributed by atoms with Crippen LogP contribution < -0.4 is 0 Å². The molecule has 0 amide bonds. The molecule has 4 nitrogen and oxygen atoms in total. The maximum absolute atomic E-state index is 12.3. The van der Waals surface area contributed by atoms with E-state index in [4.69, 9.17) is 27.6 Å². The average molecular weight is 347 g/mol. The van der Waals surface area contributed by atoms with Gasteiger partial charge in [-0.3, -0.25) is 4.21 Å². The fraction of sp³-hybridized carbons (Fsp3) is 0.429. The molecule has 1 aromatic heterocycles. The van der Waals surface area contributed by atoms with Crippen molar-refractivity contribution in [2.45, 2.75) is 31.9 Å². The fourth-order valence-corrected chi connectivity index (χ4v) is 3.44. The van der Waals surface area contributed by atoms with E-state index < -0.39 is 10.8 Å². The van der Waals surface area contributed by atoms with Gasteiger partial charge in [-0.25, -0.2) is 0 Å². The van der Waals surface area contributed by atoms with Crippen LogP contribution in [0.3, 0.4) is 0 Å². The topological polar surface area (TPSA) is 56.0 Å². The minimum absolute atomic E-state index is 0.0933. The predicted octanol–water partition coefficient (Wildman–Crippen LogP) is 4.13. The number of rotatable bonds is 6. The van der Waals surface area contributed by atoms with Gasteiger partial charge >= 0.3 is 0 Å². The Labute approximate surface area is 136 Å². The third kappa shape index (κ3) is 4.53. The largest absolute Gasteiger partial charge is 0.426 e. The normalized spacial score (nSPS) is 14.1. The molecule has 0 N–H and O–H groups in total. The summed E-state index contributed by atoms with van der Waals surface area (Å²) in [7, 11) is -0.989. The van der Waals surface area contributed by atoms with Crippen LogP contribution in [0.1, 0.15) is 35.9 Å². The second-order valence-electron chi connectivity index (χ2n) is 4.72. The molecule has 0 aliphatic heterocycles. The molecule has 7 heteroatoms. The highest BCUT2D eigenvalue weighted by molar-refractivity contribution is 7.85. The van der Waals surface area contributed by atoms with Crippen LogP contribution in [0.4, 0.5) is 0 Å². The Bertz CT molecular complexity index is 646. The molecule has 2 aromatic rings. The second kappa shape index (κ2) is 7.38. The Hall–Kier alpha value is -0.910. The van der Waals surface area contributed by atoms with Crippen LogP contribution in [-0.2, 0) is 17.2 Å². The Balaban J connectivity index is 1.88. The minimum atomic E-state index is -0.989. The Morgan fingerprint density at radius 3 is 2.67 bits per heavy atom. The molecule has 2 rings (SSSR count). The highest BCUT2D eigenvalue weighted by atomic mass is 35.5. The van der Waals surface area contributed by atoms with Crippen LogP contribution in [0.5, 0.6) is 0 Å². The highest BCUT2D eigenvalue weighted by Crippen LogP contribution is 2.28. The zero-order chi connectivity index (χ0) is 15.4. The molecule has 2 atom stereocenters. The van der Waals surface area contributed by atoms with Crippen LogP contribution in [-0.4, -0.2) is 20.2 Å². The van der Waals surface area contributed by atoms with Gasteiger partial charge in [0.05, 0.1) is 15.3 Å². The molecule has 21 heavy (non-hydrogen) atoms. The zero-order valence-corrected chi connectivity index (χ0v) is 14.1. The van der Waals surface area contributed by atoms with Crippen LogP contribution in [0.25, 0.3) is 0 Å². The smallest absolute Gasteiger partial charge is 0.216 e. The van der Waals surface area contributed by atoms with Gasteiger partial charge in [-0.05, 0) is 31.0 Å². The molecule has 0 unspecified atom stereocenters. The molecule has 0 saturated carbocycles. The van der Waals surface area contributed by atoms with E-state index in [9.17, 15) is 4.21 Å². The van der Waals surface area contributed by atoms with Crippen LogP contribution >= 0.6 is 23.2 Å². The minimum Gasteiger partial charge on any atom is -0.426 e. The number of nitrogens with zero attached hydrogens (tertiary/aromatic N) is 2. The lowest BCUT2D eigenvalue weighted by Crippen LogP contribution is -2.07. The third-order valence-electron chi connectivity index (χ3n) is 3.11. The van der Waals surface area contributed by atoms with Crippen molar-refractivity contribution in [1.29, 1.82) is 0 Å². The van der Waals surface area contributed by atoms with Crippen molar-refractivity contribution in [2.75, 3.05) is 5.75 Å². The number of hydrogen-bond acceptors (Lipinski definition) is 4. The van der Waals surface area contributed by atoms with E-state index in [1.54, 1.807) is 19.1 Å². The van der Waals surface area contributed by atoms with Crippen molar-refractivity contribution < 1.29 is 8.63 Å². The summed E-state index contributed by atoms with van der Waals surface area (Å²) in [6, 6.07) is 5.36. The van der Waals surface area contributed by atoms with Gasteiger partial charge in [-0.15, -0.1) is 10.2 Å². The first-order valence-electron chi connectivity index (χ1n) is 6.58. The lowest BCUT2D eigenvalue weighted by molar-refractivity contribution is 0.465. The van der Waals surface area contributed by atoms with Gasteiger partial charge in [-0.1, -0.05) is 29.3 Å². The van der Waals surface area contributed by atoms with E-state index in [0.29, 0.717) is 34.0 Å². The Morgan fingerprint density at radius 2 is 2.05 bits per heavy atom. The van der Waals surface area contributed by atoms with E-state index in [0.717, 1.165) is 12.0 Å². The van der Waals surface area contributed by atoms with Gasteiger partial charge in [0.2, 0.25) is 11.8 Å². The summed E-state index contributed by atoms with van der Waals surface area (Å²) in [5.74, 6) is 1.71. The molecule has 0 saturated heterocycles. The number of aryl methyl sites for hydroxylation is 2. The lowest BCUT2D eigenvalue weighted by atomic mass is 10.2. The summed E-state index contributed by atoms with van der Waals surface area (Å²) in [4.78, 5) is 0. The summed E-state index contributed by atoms with van der Waals surface area (Å²) in [6.45, 7) is 3.67. The quantitative estimate of drug-likeness (QED) is 0.788. The molecule has 114 valence electrons. The third-order valence-corrected chi connectivity index (χ3v) is 5.60. The monoisotopic (exact) mass is 346 g/mol. The summed E-state index contributed by atoms with van der Waals surface area (Å²) in [5, 5.41) is 8.58. The maximum atomic E-state index is 12.3. The van der Waals surface area contributed by atoms with Gasteiger partial charge in [0.15, 0.2) is 0 Å². The maximum Gasteiger partial charge on any atom is 0.216 e. The molecule has 0 fully saturated rings. The van der Waals surface area contributed by atoms with Crippen molar-refractivity contribution >= 4 is 34.0 Å². The summed E-state index contributed by atoms with van der Waals surface area (Å²) in [5.41, 5.74) is 0.927. The summed E-state index contributed by atoms with van der Waals surface area (Å²) >= 11 is 11.9. The van der Waals surface area contributed by atoms with Gasteiger partial charge in [0.25, 0.3) is 0 Å². The highest BCUT2D eigenvalue weighted by Gasteiger charge is 2.15. The first kappa shape index (κ1) is 16.5. The van der Waals surface area contributed by atoms with Gasteiger partial charge in [0.1, 0.15) is 0 Å². The molecule has 1 heterocycles. The second-order valence-corrected chi connectivity index (χ2v) is 7.41. The average Bonchev–Trinajstić information content (AvgIpc) is 2.86. The standard InChI is InChI=1S/C14H16Cl2N2O2S/c1-9(11-5-6-12(15)13(16)8-11)21(19)7-3-4-14-18-17-10(2)20-14/h5-6,8-9H,3-4,7H2,1-2H3/t9-,21+/m0/s1. The van der Waals surface area contributed by atoms with Crippen molar-refractivity contribution in [3.05, 3.63) is 45.6 Å². The van der Waals surface area contributed by atoms with E-state index in [1.165, 1.54) is 0 Å². The molecule has 0 aliphatic rings. The number of hydrogen-bond donors (Lipinski definition) is 0. The Morgan fingerprint density at radius 1 is 1.29 bits per heavy atom. The van der Waals surface area contributed by atoms with Crippen molar-refractivity contribution in [3.8, 4) is 0 Å². The van der Waals surface area contributed by atoms with Crippen molar-refractivity contribution in [1.82, 2.24) is 10.2 Å². The van der Waals surface area contributed by atoms with Crippen LogP contribution in [0, 0.1) is 6.92 Å². The summed E-state index contributed by atoms with van der Waals surface area (Å²) in [6.07, 6.45) is 1.38. The number of benzene rings is 1. The molecule has 0 radical (unpaired) electrons. The molecule has 0 aliphatic carbocycles. The predicted molar refractivity (Wildman–Crippen MR) is 85.2 cm³/mol. The first-order valence-corrected chi connectivity index (χ1v) is 8.72. The SMILES string of the molecule is Cc1nnc(CCC[S@@](=O)[C@@H](C)c2ccc(Cl)c(Cl)c2)o1. The van der Waals surface area contributed by atoms with Crippen LogP contribution in [0.15, 0.2) is 22.6 Å². The van der Waals surface area contributed by atoms with Crippen LogP contribution in [0.2, 0.25) is 10.0 Å². The number of halogens is 2. The molecular weight excluding hydrogens is 331 g/mol. The fourth-order valence-electron chi connectivity index (χ4n) is 1.90. The van der Waals surface area contributed by atoms with E-state index >= 15 is 0 Å². The molecule has 1 aromatic carbocycles. The van der Waals surface area contributed by atoms with E-state index in [1.807, 2.05) is 13.0 Å². The Kier molecular flexibility index (Phi) is 5.79. The molecule has 0 spiro atoms. The van der Waals surface area contributed by atoms with Gasteiger partial charge < -0.3 is 4.42 Å². The lowest BCUT2D eigenvalue weighted by Gasteiger charge is -2.12. The number of aromatic nitrogens is 2. The zero-order valence-electron chi connectivity index (χ0n) is 11.8. The van der Waals surface area contributed by atoms with E-state index in [-0.39, 0.29) is 5.25 Å². The van der Waals surface area contributed by atoms with E-state index in [2.05, 4.69) is 10.2 Å². The molecular formula is C14H16Cl2N2O2S. The molecule has 0 bridgehead atoms. The first-order chi connectivity index (χ1) is 9.97. The van der Waals surface area contributed by atoms with Gasteiger partial charge in [-0.2, -0.15) is 0 Å². The van der Waals surface area contributed by atoms with Gasteiger partial charge in [0, 0.05) is 29.9 Å².